The van der Waals surface area contributed by atoms with Crippen molar-refractivity contribution in [2.75, 3.05) is 12.5 Å². The average molecular weight is 497 g/mol. The number of hydrogen-bond donors (Lipinski definition) is 2. The van der Waals surface area contributed by atoms with Gasteiger partial charge in [-0.1, -0.05) is 78.9 Å². The number of benzene rings is 5. The lowest BCUT2D eigenvalue weighted by atomic mass is 9.94. The van der Waals surface area contributed by atoms with Crippen LogP contribution in [0.15, 0.2) is 129 Å². The van der Waals surface area contributed by atoms with E-state index >= 15 is 0 Å². The van der Waals surface area contributed by atoms with E-state index in [1.807, 2.05) is 109 Å². The third-order valence-corrected chi connectivity index (χ3v) is 6.56. The molecule has 0 aromatic heterocycles. The van der Waals surface area contributed by atoms with Gasteiger partial charge in [-0.05, 0) is 41.5 Å². The summed E-state index contributed by atoms with van der Waals surface area (Å²) in [4.78, 5) is 0. The van der Waals surface area contributed by atoms with Gasteiger partial charge in [-0.15, -0.1) is 10.2 Å². The van der Waals surface area contributed by atoms with Gasteiger partial charge in [0, 0.05) is 28.6 Å². The number of hydrazone groups is 1. The number of rotatable bonds is 5. The second kappa shape index (κ2) is 10.2. The predicted octanol–water partition coefficient (Wildman–Crippen LogP) is 8.65. The van der Waals surface area contributed by atoms with Crippen LogP contribution in [-0.4, -0.2) is 17.9 Å². The molecule has 184 valence electrons. The van der Waals surface area contributed by atoms with E-state index in [1.54, 1.807) is 7.05 Å². The molecular formula is C31H24N6O. The van der Waals surface area contributed by atoms with Crippen LogP contribution in [0.25, 0.3) is 27.6 Å². The fourth-order valence-corrected chi connectivity index (χ4v) is 4.70. The fraction of sp³-hybridized carbons (Fsp3) is 0.0645. The van der Waals surface area contributed by atoms with Gasteiger partial charge in [0.2, 0.25) is 0 Å². The summed E-state index contributed by atoms with van der Waals surface area (Å²) >= 11 is 0. The van der Waals surface area contributed by atoms with Crippen molar-refractivity contribution in [3.05, 3.63) is 114 Å². The predicted molar refractivity (Wildman–Crippen MR) is 154 cm³/mol. The highest BCUT2D eigenvalue weighted by Gasteiger charge is 2.19. The lowest BCUT2D eigenvalue weighted by Crippen LogP contribution is -2.15. The number of fused-ring (bicyclic) bond motifs is 3. The summed E-state index contributed by atoms with van der Waals surface area (Å²) in [6.45, 7) is 0. The highest BCUT2D eigenvalue weighted by atomic mass is 16.3. The summed E-state index contributed by atoms with van der Waals surface area (Å²) < 4.78 is 0. The Balaban J connectivity index is 1.33. The van der Waals surface area contributed by atoms with E-state index in [0.717, 1.165) is 55.4 Å². The first kappa shape index (κ1) is 23.4. The van der Waals surface area contributed by atoms with Gasteiger partial charge in [0.15, 0.2) is 0 Å². The number of nitrogens with one attached hydrogen (secondary N) is 1. The molecule has 1 atom stereocenters. The molecule has 0 amide bonds. The SMILES string of the molecule is CN=Nc1ccc(N=Nc2cccc3c(N/N=C4/C=Cc5ccccc5C4O)cccc23)c2ccccc12. The molecular weight excluding hydrogens is 472 g/mol. The molecule has 7 heteroatoms. The van der Waals surface area contributed by atoms with Gasteiger partial charge in [-0.3, -0.25) is 5.43 Å². The minimum Gasteiger partial charge on any atom is -0.382 e. The molecule has 1 aliphatic rings. The largest absolute Gasteiger partial charge is 0.382 e. The summed E-state index contributed by atoms with van der Waals surface area (Å²) in [7, 11) is 1.66. The van der Waals surface area contributed by atoms with Gasteiger partial charge in [0.1, 0.15) is 6.10 Å². The molecule has 6 rings (SSSR count). The Bertz CT molecular complexity index is 1790. The summed E-state index contributed by atoms with van der Waals surface area (Å²) in [6.07, 6.45) is 3.01. The average Bonchev–Trinajstić information content (AvgIpc) is 2.96. The molecule has 0 heterocycles. The molecule has 1 aliphatic carbocycles. The molecule has 0 fully saturated rings. The molecule has 0 spiro atoms. The highest BCUT2D eigenvalue weighted by Crippen LogP contribution is 2.36. The fourth-order valence-electron chi connectivity index (χ4n) is 4.70. The van der Waals surface area contributed by atoms with Crippen LogP contribution in [0.4, 0.5) is 22.7 Å². The van der Waals surface area contributed by atoms with Gasteiger partial charge in [0.05, 0.1) is 28.5 Å². The first-order valence-electron chi connectivity index (χ1n) is 12.3. The van der Waals surface area contributed by atoms with Crippen molar-refractivity contribution in [3.63, 3.8) is 0 Å². The van der Waals surface area contributed by atoms with Gasteiger partial charge in [0.25, 0.3) is 0 Å². The van der Waals surface area contributed by atoms with E-state index in [-0.39, 0.29) is 0 Å². The zero-order chi connectivity index (χ0) is 25.9. The monoisotopic (exact) mass is 496 g/mol. The zero-order valence-electron chi connectivity index (χ0n) is 20.7. The van der Waals surface area contributed by atoms with Crippen molar-refractivity contribution in [2.24, 2.45) is 25.6 Å². The third-order valence-electron chi connectivity index (χ3n) is 6.56. The molecule has 0 saturated heterocycles. The lowest BCUT2D eigenvalue weighted by molar-refractivity contribution is 0.247. The summed E-state index contributed by atoms with van der Waals surface area (Å²) in [5, 5.41) is 36.5. The number of azo groups is 2. The Morgan fingerprint density at radius 1 is 0.605 bits per heavy atom. The summed E-state index contributed by atoms with van der Waals surface area (Å²) in [6, 6.07) is 31.4. The lowest BCUT2D eigenvalue weighted by Gasteiger charge is -2.18. The van der Waals surface area contributed by atoms with E-state index in [9.17, 15) is 5.11 Å². The van der Waals surface area contributed by atoms with Crippen LogP contribution in [0.1, 0.15) is 17.2 Å². The van der Waals surface area contributed by atoms with Gasteiger partial charge >= 0.3 is 0 Å². The smallest absolute Gasteiger partial charge is 0.123 e. The Kier molecular flexibility index (Phi) is 6.25. The zero-order valence-corrected chi connectivity index (χ0v) is 20.7. The van der Waals surface area contributed by atoms with Crippen LogP contribution < -0.4 is 5.43 Å². The standard InChI is InChI=1S/C31H24N6O/c1-32-33-28-18-19-29(23-11-5-4-10-22(23)28)36-34-26-14-6-13-25-24(26)12-7-15-27(25)35-37-30-17-16-20-8-2-3-9-21(20)31(30)38/h2-19,31,35,38H,1H3/b33-32?,36-34?,37-30-. The molecule has 5 aromatic rings. The van der Waals surface area contributed by atoms with Crippen LogP contribution in [-0.2, 0) is 0 Å². The Morgan fingerprint density at radius 3 is 2.00 bits per heavy atom. The number of nitrogens with zero attached hydrogens (tertiary/aromatic N) is 5. The minimum absolute atomic E-state index is 0.550. The molecule has 38 heavy (non-hydrogen) atoms. The minimum atomic E-state index is -0.789. The van der Waals surface area contributed by atoms with Crippen LogP contribution in [0.5, 0.6) is 0 Å². The van der Waals surface area contributed by atoms with Gasteiger partial charge in [-0.2, -0.15) is 15.3 Å². The van der Waals surface area contributed by atoms with E-state index in [4.69, 9.17) is 0 Å². The van der Waals surface area contributed by atoms with Gasteiger partial charge < -0.3 is 5.11 Å². The van der Waals surface area contributed by atoms with Crippen LogP contribution >= 0.6 is 0 Å². The van der Waals surface area contributed by atoms with Crippen LogP contribution in [0.2, 0.25) is 0 Å². The van der Waals surface area contributed by atoms with E-state index in [2.05, 4.69) is 31.0 Å². The Labute approximate surface area is 219 Å². The van der Waals surface area contributed by atoms with Gasteiger partial charge in [-0.25, -0.2) is 0 Å². The van der Waals surface area contributed by atoms with E-state index < -0.39 is 6.10 Å². The van der Waals surface area contributed by atoms with Crippen LogP contribution in [0, 0.1) is 0 Å². The second-order valence-electron chi connectivity index (χ2n) is 8.84. The summed E-state index contributed by atoms with van der Waals surface area (Å²) in [5.74, 6) is 0. The molecule has 7 nitrogen and oxygen atoms in total. The van der Waals surface area contributed by atoms with Crippen molar-refractivity contribution in [1.29, 1.82) is 0 Å². The first-order chi connectivity index (χ1) is 18.7. The molecule has 0 aliphatic heterocycles. The van der Waals surface area contributed by atoms with Crippen molar-refractivity contribution in [2.45, 2.75) is 6.10 Å². The van der Waals surface area contributed by atoms with E-state index in [1.165, 1.54) is 0 Å². The molecule has 0 radical (unpaired) electrons. The number of anilines is 1. The summed E-state index contributed by atoms with van der Waals surface area (Å²) in [5.41, 5.74) is 8.64. The van der Waals surface area contributed by atoms with Crippen molar-refractivity contribution in [1.82, 2.24) is 0 Å². The molecule has 2 N–H and O–H groups in total. The molecule has 1 unspecified atom stereocenters. The maximum Gasteiger partial charge on any atom is 0.123 e. The quantitative estimate of drug-likeness (QED) is 0.188. The van der Waals surface area contributed by atoms with Crippen molar-refractivity contribution < 1.29 is 5.11 Å². The maximum absolute atomic E-state index is 10.8. The second-order valence-corrected chi connectivity index (χ2v) is 8.84. The topological polar surface area (TPSA) is 94.1 Å². The highest BCUT2D eigenvalue weighted by molar-refractivity contribution is 6.06. The number of aliphatic hydroxyl groups excluding tert-OH is 1. The Hall–Kier alpha value is -5.01. The normalized spacial score (nSPS) is 16.2. The Morgan fingerprint density at radius 2 is 1.21 bits per heavy atom. The van der Waals surface area contributed by atoms with Crippen molar-refractivity contribution >= 4 is 56.1 Å². The van der Waals surface area contributed by atoms with Crippen molar-refractivity contribution in [3.8, 4) is 0 Å². The third kappa shape index (κ3) is 4.36. The number of hydrogen-bond acceptors (Lipinski definition) is 7. The maximum atomic E-state index is 10.8. The van der Waals surface area contributed by atoms with E-state index in [0.29, 0.717) is 5.71 Å². The number of aliphatic hydroxyl groups is 1. The molecule has 0 bridgehead atoms. The molecule has 5 aromatic carbocycles. The first-order valence-corrected chi connectivity index (χ1v) is 12.3. The molecule has 0 saturated carbocycles. The van der Waals surface area contributed by atoms with Crippen LogP contribution in [0.3, 0.4) is 0 Å².